The van der Waals surface area contributed by atoms with Crippen LogP contribution in [0.3, 0.4) is 0 Å². The second kappa shape index (κ2) is 9.63. The smallest absolute Gasteiger partial charge is 0.180 e. The van der Waals surface area contributed by atoms with E-state index in [0.717, 1.165) is 11.1 Å². The van der Waals surface area contributed by atoms with Gasteiger partial charge in [0, 0.05) is 6.07 Å². The van der Waals surface area contributed by atoms with Crippen molar-refractivity contribution in [3.05, 3.63) is 82.4 Å². The summed E-state index contributed by atoms with van der Waals surface area (Å²) >= 11 is 6.46. The molecule has 4 aromatic rings. The lowest BCUT2D eigenvalue weighted by Crippen LogP contribution is -1.99. The number of fused-ring (bicyclic) bond motifs is 1. The summed E-state index contributed by atoms with van der Waals surface area (Å²) in [6.45, 7) is 0.192. The summed E-state index contributed by atoms with van der Waals surface area (Å²) in [7, 11) is 3.09. The van der Waals surface area contributed by atoms with E-state index in [-0.39, 0.29) is 12.4 Å². The largest absolute Gasteiger partial charge is 0.497 e. The highest BCUT2D eigenvalue weighted by Crippen LogP contribution is 2.38. The fourth-order valence-electron chi connectivity index (χ4n) is 3.26. The van der Waals surface area contributed by atoms with Gasteiger partial charge in [-0.3, -0.25) is 0 Å². The Morgan fingerprint density at radius 1 is 1.12 bits per heavy atom. The fourth-order valence-corrected chi connectivity index (χ4v) is 3.54. The Bertz CT molecular complexity index is 1370. The van der Waals surface area contributed by atoms with Crippen molar-refractivity contribution in [2.45, 2.75) is 6.61 Å². The SMILES string of the molecule is COc1ccc2nc(/C(C#N)=C\c3cc(Cl)c(OCc4ccc(F)cc4)c(OC)c3)[nH]c2c1. The van der Waals surface area contributed by atoms with Gasteiger partial charge in [-0.1, -0.05) is 23.7 Å². The summed E-state index contributed by atoms with van der Waals surface area (Å²) in [5.41, 5.74) is 3.22. The number of benzene rings is 3. The van der Waals surface area contributed by atoms with Crippen LogP contribution in [0.5, 0.6) is 17.2 Å². The van der Waals surface area contributed by atoms with Crippen molar-refractivity contribution in [2.75, 3.05) is 14.2 Å². The number of hydrogen-bond acceptors (Lipinski definition) is 5. The second-order valence-electron chi connectivity index (χ2n) is 7.09. The van der Waals surface area contributed by atoms with E-state index in [1.807, 2.05) is 12.1 Å². The summed E-state index contributed by atoms with van der Waals surface area (Å²) in [6, 6.07) is 17.0. The Morgan fingerprint density at radius 3 is 2.61 bits per heavy atom. The van der Waals surface area contributed by atoms with Crippen molar-refractivity contribution < 1.29 is 18.6 Å². The van der Waals surface area contributed by atoms with Gasteiger partial charge < -0.3 is 19.2 Å². The van der Waals surface area contributed by atoms with Crippen LogP contribution in [0.2, 0.25) is 5.02 Å². The minimum absolute atomic E-state index is 0.192. The molecule has 3 aromatic carbocycles. The molecule has 4 rings (SSSR count). The van der Waals surface area contributed by atoms with Crippen LogP contribution in [-0.2, 0) is 6.61 Å². The quantitative estimate of drug-likeness (QED) is 0.339. The van der Waals surface area contributed by atoms with Gasteiger partial charge in [-0.05, 0) is 53.6 Å². The van der Waals surface area contributed by atoms with Gasteiger partial charge in [-0.2, -0.15) is 5.26 Å². The lowest BCUT2D eigenvalue weighted by Gasteiger charge is -2.13. The highest BCUT2D eigenvalue weighted by molar-refractivity contribution is 6.32. The molecule has 0 radical (unpaired) electrons. The third-order valence-electron chi connectivity index (χ3n) is 4.92. The summed E-state index contributed by atoms with van der Waals surface area (Å²) in [6.07, 6.45) is 1.66. The van der Waals surface area contributed by atoms with Gasteiger partial charge in [0.05, 0.1) is 35.8 Å². The van der Waals surface area contributed by atoms with Gasteiger partial charge in [0.15, 0.2) is 11.5 Å². The van der Waals surface area contributed by atoms with Gasteiger partial charge >= 0.3 is 0 Å². The number of methoxy groups -OCH3 is 2. The Kier molecular flexibility index (Phi) is 6.48. The topological polar surface area (TPSA) is 80.2 Å². The number of H-pyrrole nitrogens is 1. The number of nitrogens with one attached hydrogen (secondary N) is 1. The third-order valence-corrected chi connectivity index (χ3v) is 5.20. The summed E-state index contributed by atoms with van der Waals surface area (Å²) in [4.78, 5) is 7.63. The van der Waals surface area contributed by atoms with E-state index in [1.54, 1.807) is 43.5 Å². The standard InChI is InChI=1S/C25H19ClFN3O3/c1-31-19-7-8-21-22(12-19)30-25(29-21)17(13-28)9-16-10-20(26)24(23(11-16)32-2)33-14-15-3-5-18(27)6-4-15/h3-12H,14H2,1-2H3,(H,29,30)/b17-9-. The van der Waals surface area contributed by atoms with Crippen molar-refractivity contribution in [1.29, 1.82) is 5.26 Å². The van der Waals surface area contributed by atoms with E-state index in [9.17, 15) is 9.65 Å². The molecule has 0 fully saturated rings. The maximum atomic E-state index is 13.1. The molecule has 0 saturated carbocycles. The predicted molar refractivity (Wildman–Crippen MR) is 125 cm³/mol. The number of hydrogen-bond donors (Lipinski definition) is 1. The van der Waals surface area contributed by atoms with E-state index in [2.05, 4.69) is 16.0 Å². The van der Waals surface area contributed by atoms with Gasteiger partial charge in [0.25, 0.3) is 0 Å². The van der Waals surface area contributed by atoms with Crippen LogP contribution in [0.4, 0.5) is 4.39 Å². The Hall–Kier alpha value is -4.02. The molecule has 1 aromatic heterocycles. The number of nitriles is 1. The number of rotatable bonds is 7. The summed E-state index contributed by atoms with van der Waals surface area (Å²) in [5.74, 6) is 1.56. The molecule has 0 aliphatic rings. The van der Waals surface area contributed by atoms with Gasteiger partial charge in [0.2, 0.25) is 0 Å². The molecule has 0 aliphatic carbocycles. The maximum absolute atomic E-state index is 13.1. The molecular formula is C25H19ClFN3O3. The van der Waals surface area contributed by atoms with Gasteiger partial charge in [-0.15, -0.1) is 0 Å². The first-order valence-electron chi connectivity index (χ1n) is 9.91. The van der Waals surface area contributed by atoms with E-state index in [4.69, 9.17) is 25.8 Å². The molecule has 0 unspecified atom stereocenters. The predicted octanol–water partition coefficient (Wildman–Crippen LogP) is 6.02. The van der Waals surface area contributed by atoms with E-state index in [1.165, 1.54) is 19.2 Å². The van der Waals surface area contributed by atoms with Crippen LogP contribution in [0.25, 0.3) is 22.7 Å². The summed E-state index contributed by atoms with van der Waals surface area (Å²) in [5, 5.41) is 10.0. The zero-order valence-electron chi connectivity index (χ0n) is 17.9. The maximum Gasteiger partial charge on any atom is 0.180 e. The molecule has 0 spiro atoms. The van der Waals surface area contributed by atoms with Crippen LogP contribution in [0.15, 0.2) is 54.6 Å². The normalized spacial score (nSPS) is 11.3. The highest BCUT2D eigenvalue weighted by Gasteiger charge is 2.14. The second-order valence-corrected chi connectivity index (χ2v) is 7.49. The number of allylic oxidation sites excluding steroid dienone is 1. The van der Waals surface area contributed by atoms with Crippen LogP contribution in [0, 0.1) is 17.1 Å². The Morgan fingerprint density at radius 2 is 1.91 bits per heavy atom. The number of nitrogens with zero attached hydrogens (tertiary/aromatic N) is 2. The van der Waals surface area contributed by atoms with Crippen LogP contribution in [0.1, 0.15) is 17.0 Å². The molecule has 0 saturated heterocycles. The van der Waals surface area contributed by atoms with Crippen molar-refractivity contribution in [3.63, 3.8) is 0 Å². The Balaban J connectivity index is 1.63. The number of ether oxygens (including phenoxy) is 3. The van der Waals surface area contributed by atoms with E-state index in [0.29, 0.717) is 44.7 Å². The number of halogens is 2. The molecule has 0 aliphatic heterocycles. The first kappa shape index (κ1) is 22.2. The molecule has 0 bridgehead atoms. The average Bonchev–Trinajstić information content (AvgIpc) is 3.25. The van der Waals surface area contributed by atoms with Crippen LogP contribution in [-0.4, -0.2) is 24.2 Å². The van der Waals surface area contributed by atoms with Gasteiger partial charge in [-0.25, -0.2) is 9.37 Å². The first-order chi connectivity index (χ1) is 16.0. The lowest BCUT2D eigenvalue weighted by molar-refractivity contribution is 0.284. The molecular weight excluding hydrogens is 445 g/mol. The first-order valence-corrected chi connectivity index (χ1v) is 10.3. The van der Waals surface area contributed by atoms with Crippen LogP contribution >= 0.6 is 11.6 Å². The van der Waals surface area contributed by atoms with Crippen molar-refractivity contribution in [3.8, 4) is 23.3 Å². The van der Waals surface area contributed by atoms with E-state index >= 15 is 0 Å². The Labute approximate surface area is 194 Å². The number of aromatic amines is 1. The fraction of sp³-hybridized carbons (Fsp3) is 0.120. The van der Waals surface area contributed by atoms with E-state index < -0.39 is 0 Å². The number of imidazole rings is 1. The molecule has 33 heavy (non-hydrogen) atoms. The molecule has 1 heterocycles. The molecule has 1 N–H and O–H groups in total. The minimum Gasteiger partial charge on any atom is -0.497 e. The third kappa shape index (κ3) is 4.92. The zero-order valence-corrected chi connectivity index (χ0v) is 18.6. The molecule has 6 nitrogen and oxygen atoms in total. The monoisotopic (exact) mass is 463 g/mol. The molecule has 8 heteroatoms. The molecule has 166 valence electrons. The molecule has 0 amide bonds. The van der Waals surface area contributed by atoms with Crippen molar-refractivity contribution in [1.82, 2.24) is 9.97 Å². The highest BCUT2D eigenvalue weighted by atomic mass is 35.5. The zero-order chi connectivity index (χ0) is 23.4. The van der Waals surface area contributed by atoms with Crippen molar-refractivity contribution >= 4 is 34.3 Å². The van der Waals surface area contributed by atoms with Crippen molar-refractivity contribution in [2.24, 2.45) is 0 Å². The summed E-state index contributed by atoms with van der Waals surface area (Å²) < 4.78 is 29.6. The lowest BCUT2D eigenvalue weighted by atomic mass is 10.1. The number of aromatic nitrogens is 2. The molecule has 0 atom stereocenters. The average molecular weight is 464 g/mol. The van der Waals surface area contributed by atoms with Gasteiger partial charge in [0.1, 0.15) is 30.1 Å². The minimum atomic E-state index is -0.317. The van der Waals surface area contributed by atoms with Crippen LogP contribution < -0.4 is 14.2 Å².